The van der Waals surface area contributed by atoms with Gasteiger partial charge in [0.2, 0.25) is 5.78 Å². The number of ketones is 2. The molecular formula is C27H25NO8S. The van der Waals surface area contributed by atoms with Crippen LogP contribution in [-0.4, -0.2) is 61.4 Å². The smallest absolute Gasteiger partial charge is 0.265 e. The van der Waals surface area contributed by atoms with Gasteiger partial charge in [0.25, 0.3) is 10.0 Å². The molecule has 0 atom stereocenters. The number of methoxy groups -OCH3 is 1. The SMILES string of the molecule is COc1ccc(C(=O)CN2/C(=C(/O)c3ccccc3)C(=O)c3ccccc3S2(=O)=O)cc1OCCCO. The third kappa shape index (κ3) is 5.07. The standard InChI is InChI=1S/C27H25NO8S/c1-35-22-13-12-19(16-23(22)36-15-7-14-29)21(30)17-28-25(26(31)18-8-3-2-4-9-18)27(32)20-10-5-6-11-24(20)37(28,33)34/h2-6,8-13,16,29,31H,7,14-15,17H2,1H3/b26-25+. The summed E-state index contributed by atoms with van der Waals surface area (Å²) in [4.78, 5) is 26.5. The summed E-state index contributed by atoms with van der Waals surface area (Å²) < 4.78 is 38.7. The fourth-order valence-corrected chi connectivity index (χ4v) is 5.54. The highest BCUT2D eigenvalue weighted by atomic mass is 32.2. The zero-order chi connectivity index (χ0) is 26.6. The fourth-order valence-electron chi connectivity index (χ4n) is 3.91. The fraction of sp³-hybridized carbons (Fsp3) is 0.185. The molecule has 0 spiro atoms. The van der Waals surface area contributed by atoms with Gasteiger partial charge in [-0.1, -0.05) is 42.5 Å². The Kier molecular flexibility index (Phi) is 7.61. The van der Waals surface area contributed by atoms with Crippen molar-refractivity contribution in [3.63, 3.8) is 0 Å². The van der Waals surface area contributed by atoms with Gasteiger partial charge in [-0.3, -0.25) is 13.9 Å². The molecule has 1 aliphatic heterocycles. The Hall–Kier alpha value is -4.15. The van der Waals surface area contributed by atoms with E-state index in [1.54, 1.807) is 18.2 Å². The van der Waals surface area contributed by atoms with Crippen LogP contribution in [0.1, 0.15) is 32.7 Å². The Bertz CT molecular complexity index is 1460. The van der Waals surface area contributed by atoms with Crippen LogP contribution in [0.15, 0.2) is 83.4 Å². The van der Waals surface area contributed by atoms with Gasteiger partial charge in [-0.05, 0) is 30.3 Å². The Morgan fingerprint density at radius 3 is 2.35 bits per heavy atom. The predicted octanol–water partition coefficient (Wildman–Crippen LogP) is 3.45. The summed E-state index contributed by atoms with van der Waals surface area (Å²) in [5.74, 6) is -1.32. The molecular weight excluding hydrogens is 498 g/mol. The summed E-state index contributed by atoms with van der Waals surface area (Å²) in [5.41, 5.74) is -0.263. The number of carbonyl (C=O) groups is 2. The number of sulfonamides is 1. The minimum absolute atomic E-state index is 0.0801. The monoisotopic (exact) mass is 523 g/mol. The van der Waals surface area contributed by atoms with E-state index in [1.165, 1.54) is 61.7 Å². The number of allylic oxidation sites excluding steroid dienone is 1. The molecule has 0 aliphatic carbocycles. The number of aliphatic hydroxyl groups excluding tert-OH is 2. The molecule has 4 rings (SSSR count). The Balaban J connectivity index is 1.79. The van der Waals surface area contributed by atoms with E-state index in [2.05, 4.69) is 0 Å². The van der Waals surface area contributed by atoms with Gasteiger partial charge in [0.1, 0.15) is 5.70 Å². The molecule has 192 valence electrons. The second kappa shape index (κ2) is 10.9. The summed E-state index contributed by atoms with van der Waals surface area (Å²) in [6.07, 6.45) is 0.363. The third-order valence-corrected chi connectivity index (χ3v) is 7.57. The number of aliphatic hydroxyl groups is 2. The van der Waals surface area contributed by atoms with E-state index in [0.717, 1.165) is 0 Å². The molecule has 0 radical (unpaired) electrons. The van der Waals surface area contributed by atoms with Crippen LogP contribution < -0.4 is 9.47 Å². The first-order valence-corrected chi connectivity index (χ1v) is 12.8. The van der Waals surface area contributed by atoms with Crippen LogP contribution in [0.25, 0.3) is 5.76 Å². The van der Waals surface area contributed by atoms with Gasteiger partial charge in [-0.15, -0.1) is 0 Å². The van der Waals surface area contributed by atoms with E-state index in [4.69, 9.17) is 14.6 Å². The van der Waals surface area contributed by atoms with Crippen molar-refractivity contribution in [3.8, 4) is 11.5 Å². The molecule has 0 saturated carbocycles. The first kappa shape index (κ1) is 25.9. The van der Waals surface area contributed by atoms with Gasteiger partial charge in [-0.25, -0.2) is 8.42 Å². The van der Waals surface area contributed by atoms with Gasteiger partial charge in [0, 0.05) is 29.7 Å². The van der Waals surface area contributed by atoms with E-state index in [-0.39, 0.29) is 40.5 Å². The lowest BCUT2D eigenvalue weighted by Gasteiger charge is -2.31. The van der Waals surface area contributed by atoms with Crippen molar-refractivity contribution in [2.75, 3.05) is 26.9 Å². The molecule has 9 nitrogen and oxygen atoms in total. The first-order valence-electron chi connectivity index (χ1n) is 11.4. The van der Waals surface area contributed by atoms with E-state index >= 15 is 0 Å². The molecule has 1 aliphatic rings. The Morgan fingerprint density at radius 1 is 0.946 bits per heavy atom. The van der Waals surface area contributed by atoms with Crippen LogP contribution in [0.2, 0.25) is 0 Å². The van der Waals surface area contributed by atoms with Gasteiger partial charge >= 0.3 is 0 Å². The lowest BCUT2D eigenvalue weighted by atomic mass is 10.0. The van der Waals surface area contributed by atoms with Crippen molar-refractivity contribution in [2.45, 2.75) is 11.3 Å². The average Bonchev–Trinajstić information content (AvgIpc) is 2.92. The second-order valence-electron chi connectivity index (χ2n) is 8.11. The quantitative estimate of drug-likeness (QED) is 0.189. The van der Waals surface area contributed by atoms with Crippen LogP contribution in [0.5, 0.6) is 11.5 Å². The van der Waals surface area contributed by atoms with E-state index in [9.17, 15) is 23.1 Å². The largest absolute Gasteiger partial charge is 0.505 e. The molecule has 2 N–H and O–H groups in total. The molecule has 0 unspecified atom stereocenters. The maximum absolute atomic E-state index is 13.6. The first-order chi connectivity index (χ1) is 17.8. The van der Waals surface area contributed by atoms with Gasteiger partial charge in [-0.2, -0.15) is 0 Å². The number of ether oxygens (including phenoxy) is 2. The number of hydrogen-bond donors (Lipinski definition) is 2. The molecule has 1 heterocycles. The van der Waals surface area contributed by atoms with Gasteiger partial charge in [0.15, 0.2) is 23.0 Å². The summed E-state index contributed by atoms with van der Waals surface area (Å²) in [7, 11) is -2.94. The molecule has 3 aromatic carbocycles. The zero-order valence-electron chi connectivity index (χ0n) is 20.0. The summed E-state index contributed by atoms with van der Waals surface area (Å²) in [5, 5.41) is 20.1. The molecule has 37 heavy (non-hydrogen) atoms. The van der Waals surface area contributed by atoms with Crippen molar-refractivity contribution in [3.05, 3.63) is 95.2 Å². The number of benzene rings is 3. The van der Waals surface area contributed by atoms with E-state index < -0.39 is 39.6 Å². The normalized spacial score (nSPS) is 15.6. The molecule has 0 saturated heterocycles. The van der Waals surface area contributed by atoms with Crippen molar-refractivity contribution < 1.29 is 37.7 Å². The highest BCUT2D eigenvalue weighted by Gasteiger charge is 2.42. The number of hydrogen-bond acceptors (Lipinski definition) is 8. The molecule has 0 bridgehead atoms. The topological polar surface area (TPSA) is 130 Å². The van der Waals surface area contributed by atoms with Crippen LogP contribution >= 0.6 is 0 Å². The number of nitrogens with zero attached hydrogens (tertiary/aromatic N) is 1. The molecule has 0 fully saturated rings. The molecule has 0 aromatic heterocycles. The van der Waals surface area contributed by atoms with Crippen LogP contribution in [0.4, 0.5) is 0 Å². The molecule has 10 heteroatoms. The lowest BCUT2D eigenvalue weighted by Crippen LogP contribution is -2.42. The van der Waals surface area contributed by atoms with Crippen molar-refractivity contribution in [1.82, 2.24) is 4.31 Å². The number of Topliss-reactive ketones (excluding diaryl/α,β-unsaturated/α-hetero) is 2. The minimum atomic E-state index is -4.37. The van der Waals surface area contributed by atoms with Gasteiger partial charge in [0.05, 0.1) is 25.2 Å². The Morgan fingerprint density at radius 2 is 1.65 bits per heavy atom. The molecule has 3 aromatic rings. The average molecular weight is 524 g/mol. The van der Waals surface area contributed by atoms with E-state index in [1.807, 2.05) is 0 Å². The zero-order valence-corrected chi connectivity index (χ0v) is 20.8. The van der Waals surface area contributed by atoms with Crippen molar-refractivity contribution >= 4 is 27.3 Å². The summed E-state index contributed by atoms with van der Waals surface area (Å²) in [6.45, 7) is -0.644. The van der Waals surface area contributed by atoms with E-state index in [0.29, 0.717) is 16.5 Å². The lowest BCUT2D eigenvalue weighted by molar-refractivity contribution is 0.0951. The van der Waals surface area contributed by atoms with Crippen LogP contribution in [0.3, 0.4) is 0 Å². The summed E-state index contributed by atoms with van der Waals surface area (Å²) in [6, 6.07) is 18.1. The maximum atomic E-state index is 13.6. The number of carbonyl (C=O) groups excluding carboxylic acids is 2. The number of rotatable bonds is 9. The second-order valence-corrected chi connectivity index (χ2v) is 9.95. The molecule has 0 amide bonds. The maximum Gasteiger partial charge on any atom is 0.265 e. The highest BCUT2D eigenvalue weighted by Crippen LogP contribution is 2.36. The van der Waals surface area contributed by atoms with Crippen molar-refractivity contribution in [2.24, 2.45) is 0 Å². The minimum Gasteiger partial charge on any atom is -0.505 e. The Labute approximate surface area is 214 Å². The van der Waals surface area contributed by atoms with Crippen LogP contribution in [-0.2, 0) is 10.0 Å². The summed E-state index contributed by atoms with van der Waals surface area (Å²) >= 11 is 0. The van der Waals surface area contributed by atoms with Gasteiger partial charge < -0.3 is 19.7 Å². The number of fused-ring (bicyclic) bond motifs is 1. The van der Waals surface area contributed by atoms with Crippen LogP contribution in [0, 0.1) is 0 Å². The third-order valence-electron chi connectivity index (χ3n) is 5.77. The predicted molar refractivity (Wildman–Crippen MR) is 135 cm³/mol. The van der Waals surface area contributed by atoms with Crippen molar-refractivity contribution in [1.29, 1.82) is 0 Å². The highest BCUT2D eigenvalue weighted by molar-refractivity contribution is 7.89.